The van der Waals surface area contributed by atoms with Crippen LogP contribution in [0.1, 0.15) is 63.4 Å². The highest BCUT2D eigenvalue weighted by Gasteiger charge is 2.07. The Labute approximate surface area is 152 Å². The summed E-state index contributed by atoms with van der Waals surface area (Å²) in [4.78, 5) is 16.4. The van der Waals surface area contributed by atoms with Crippen molar-refractivity contribution in [3.05, 3.63) is 35.4 Å². The quantitative estimate of drug-likeness (QED) is 0.475. The molecule has 0 spiro atoms. The summed E-state index contributed by atoms with van der Waals surface area (Å²) in [6.07, 6.45) is 2.33. The number of nitrogens with one attached hydrogen (secondary N) is 3. The molecule has 1 aromatic rings. The minimum Gasteiger partial charge on any atom is -0.357 e. The molecular weight excluding hydrogens is 312 g/mol. The second kappa shape index (κ2) is 11.5. The van der Waals surface area contributed by atoms with Crippen LogP contribution in [0.15, 0.2) is 29.3 Å². The van der Waals surface area contributed by atoms with E-state index in [9.17, 15) is 4.79 Å². The van der Waals surface area contributed by atoms with Crippen LogP contribution in [0.2, 0.25) is 0 Å². The molecule has 25 heavy (non-hydrogen) atoms. The third kappa shape index (κ3) is 8.57. The summed E-state index contributed by atoms with van der Waals surface area (Å²) >= 11 is 0. The van der Waals surface area contributed by atoms with Crippen molar-refractivity contribution in [2.24, 2.45) is 10.9 Å². The van der Waals surface area contributed by atoms with Gasteiger partial charge >= 0.3 is 0 Å². The van der Waals surface area contributed by atoms with E-state index in [4.69, 9.17) is 0 Å². The van der Waals surface area contributed by atoms with Gasteiger partial charge < -0.3 is 16.0 Å². The van der Waals surface area contributed by atoms with Gasteiger partial charge in [-0.25, -0.2) is 4.99 Å². The summed E-state index contributed by atoms with van der Waals surface area (Å²) in [5, 5.41) is 9.56. The summed E-state index contributed by atoms with van der Waals surface area (Å²) in [6.45, 7) is 12.7. The fraction of sp³-hybridized carbons (Fsp3) is 0.600. The average Bonchev–Trinajstić information content (AvgIpc) is 2.58. The monoisotopic (exact) mass is 346 g/mol. The third-order valence-corrected chi connectivity index (χ3v) is 3.88. The van der Waals surface area contributed by atoms with Crippen LogP contribution in [0.5, 0.6) is 0 Å². The topological polar surface area (TPSA) is 65.5 Å². The molecule has 0 saturated heterocycles. The third-order valence-electron chi connectivity index (χ3n) is 3.88. The van der Waals surface area contributed by atoms with E-state index in [1.54, 1.807) is 0 Å². The zero-order valence-electron chi connectivity index (χ0n) is 16.4. The molecule has 0 bridgehead atoms. The van der Waals surface area contributed by atoms with Crippen molar-refractivity contribution in [1.29, 1.82) is 0 Å². The van der Waals surface area contributed by atoms with Crippen LogP contribution in [0.3, 0.4) is 0 Å². The molecule has 0 aromatic heterocycles. The van der Waals surface area contributed by atoms with Gasteiger partial charge in [0.05, 0.1) is 6.54 Å². The molecule has 0 heterocycles. The summed E-state index contributed by atoms with van der Waals surface area (Å²) in [5.41, 5.74) is 1.77. The highest BCUT2D eigenvalue weighted by molar-refractivity contribution is 5.94. The largest absolute Gasteiger partial charge is 0.357 e. The first kappa shape index (κ1) is 21.0. The van der Waals surface area contributed by atoms with E-state index in [1.165, 1.54) is 6.42 Å². The van der Waals surface area contributed by atoms with Crippen LogP contribution in [-0.2, 0) is 6.54 Å². The predicted molar refractivity (Wildman–Crippen MR) is 106 cm³/mol. The average molecular weight is 347 g/mol. The number of rotatable bonds is 9. The minimum atomic E-state index is -0.0356. The van der Waals surface area contributed by atoms with Gasteiger partial charge in [0.1, 0.15) is 0 Å². The van der Waals surface area contributed by atoms with Crippen molar-refractivity contribution in [1.82, 2.24) is 16.0 Å². The summed E-state index contributed by atoms with van der Waals surface area (Å²) in [5.74, 6) is 1.52. The van der Waals surface area contributed by atoms with Gasteiger partial charge in [-0.1, -0.05) is 26.0 Å². The molecule has 5 nitrogen and oxygen atoms in total. The van der Waals surface area contributed by atoms with Gasteiger partial charge in [-0.2, -0.15) is 0 Å². The predicted octanol–water partition coefficient (Wildman–Crippen LogP) is 3.32. The van der Waals surface area contributed by atoms with Gasteiger partial charge in [-0.15, -0.1) is 0 Å². The Morgan fingerprint density at radius 3 is 2.20 bits per heavy atom. The molecule has 0 aliphatic carbocycles. The number of hydrogen-bond acceptors (Lipinski definition) is 2. The normalized spacial score (nSPS) is 12.8. The van der Waals surface area contributed by atoms with Crippen molar-refractivity contribution < 1.29 is 4.79 Å². The first-order valence-electron chi connectivity index (χ1n) is 9.38. The molecule has 5 heteroatoms. The van der Waals surface area contributed by atoms with Crippen molar-refractivity contribution in [3.63, 3.8) is 0 Å². The minimum absolute atomic E-state index is 0.0356. The molecule has 1 unspecified atom stereocenters. The molecule has 0 saturated carbocycles. The Kier molecular flexibility index (Phi) is 9.66. The van der Waals surface area contributed by atoms with Crippen LogP contribution >= 0.6 is 0 Å². The Bertz CT molecular complexity index is 537. The first-order chi connectivity index (χ1) is 12.0. The van der Waals surface area contributed by atoms with Gasteiger partial charge in [-0.3, -0.25) is 4.79 Å². The molecule has 0 aliphatic heterocycles. The van der Waals surface area contributed by atoms with E-state index in [0.717, 1.165) is 24.5 Å². The van der Waals surface area contributed by atoms with Gasteiger partial charge in [0.2, 0.25) is 0 Å². The second-order valence-electron chi connectivity index (χ2n) is 6.77. The zero-order valence-corrected chi connectivity index (χ0v) is 16.4. The smallest absolute Gasteiger partial charge is 0.251 e. The lowest BCUT2D eigenvalue weighted by Crippen LogP contribution is -2.42. The lowest BCUT2D eigenvalue weighted by Gasteiger charge is -2.18. The number of hydrogen-bond donors (Lipinski definition) is 3. The van der Waals surface area contributed by atoms with Crippen molar-refractivity contribution in [3.8, 4) is 0 Å². The Hall–Kier alpha value is -2.04. The maximum atomic E-state index is 11.8. The molecule has 1 aromatic carbocycles. The van der Waals surface area contributed by atoms with Crippen molar-refractivity contribution in [2.75, 3.05) is 13.1 Å². The number of aliphatic imine (C=N–C) groups is 1. The molecule has 0 radical (unpaired) electrons. The number of carbonyl (C=O) groups excluding carboxylic acids is 1. The highest BCUT2D eigenvalue weighted by Crippen LogP contribution is 2.07. The molecule has 0 aliphatic rings. The van der Waals surface area contributed by atoms with Crippen LogP contribution in [0.25, 0.3) is 0 Å². The lowest BCUT2D eigenvalue weighted by atomic mass is 10.0. The van der Waals surface area contributed by atoms with E-state index in [-0.39, 0.29) is 5.91 Å². The number of guanidine groups is 1. The summed E-state index contributed by atoms with van der Waals surface area (Å²) in [7, 11) is 0. The van der Waals surface area contributed by atoms with E-state index < -0.39 is 0 Å². The number of nitrogens with zero attached hydrogens (tertiary/aromatic N) is 1. The zero-order chi connectivity index (χ0) is 18.7. The maximum Gasteiger partial charge on any atom is 0.251 e. The van der Waals surface area contributed by atoms with Crippen LogP contribution in [0.4, 0.5) is 0 Å². The molecule has 140 valence electrons. The number of benzene rings is 1. The van der Waals surface area contributed by atoms with Crippen LogP contribution < -0.4 is 16.0 Å². The van der Waals surface area contributed by atoms with Gasteiger partial charge in [0, 0.05) is 24.7 Å². The van der Waals surface area contributed by atoms with Crippen molar-refractivity contribution in [2.45, 2.75) is 60.0 Å². The maximum absolute atomic E-state index is 11.8. The second-order valence-corrected chi connectivity index (χ2v) is 6.77. The molecule has 1 atom stereocenters. The van der Waals surface area contributed by atoms with Crippen LogP contribution in [-0.4, -0.2) is 31.0 Å². The van der Waals surface area contributed by atoms with Crippen LogP contribution in [0, 0.1) is 5.92 Å². The number of carbonyl (C=O) groups is 1. The Morgan fingerprint density at radius 2 is 1.64 bits per heavy atom. The SMILES string of the molecule is CCNC(=O)c1ccc(CN=C(NCC)NC(C)CCC(C)C)cc1. The first-order valence-corrected chi connectivity index (χ1v) is 9.38. The van der Waals surface area contributed by atoms with E-state index in [0.29, 0.717) is 30.6 Å². The highest BCUT2D eigenvalue weighted by atomic mass is 16.1. The lowest BCUT2D eigenvalue weighted by molar-refractivity contribution is 0.0956. The standard InChI is InChI=1S/C20H34N4O/c1-6-21-19(25)18-12-10-17(11-13-18)14-23-20(22-7-2)24-16(5)9-8-15(3)4/h10-13,15-16H,6-9,14H2,1-5H3,(H,21,25)(H2,22,23,24). The molecule has 0 fully saturated rings. The fourth-order valence-corrected chi connectivity index (χ4v) is 2.40. The number of amides is 1. The fourth-order valence-electron chi connectivity index (χ4n) is 2.40. The molecule has 1 rings (SSSR count). The molecule has 3 N–H and O–H groups in total. The van der Waals surface area contributed by atoms with Gasteiger partial charge in [0.15, 0.2) is 5.96 Å². The Morgan fingerprint density at radius 1 is 1.00 bits per heavy atom. The molecule has 1 amide bonds. The summed E-state index contributed by atoms with van der Waals surface area (Å²) in [6, 6.07) is 8.00. The van der Waals surface area contributed by atoms with E-state index >= 15 is 0 Å². The summed E-state index contributed by atoms with van der Waals surface area (Å²) < 4.78 is 0. The molecular formula is C20H34N4O. The van der Waals surface area contributed by atoms with E-state index in [2.05, 4.69) is 48.6 Å². The Balaban J connectivity index is 2.62. The van der Waals surface area contributed by atoms with E-state index in [1.807, 2.05) is 31.2 Å². The van der Waals surface area contributed by atoms with Crippen molar-refractivity contribution >= 4 is 11.9 Å². The van der Waals surface area contributed by atoms with Gasteiger partial charge in [-0.05, 0) is 57.2 Å². The van der Waals surface area contributed by atoms with Gasteiger partial charge in [0.25, 0.3) is 5.91 Å².